The van der Waals surface area contributed by atoms with Gasteiger partial charge >= 0.3 is 0 Å². The van der Waals surface area contributed by atoms with E-state index in [2.05, 4.69) is 20.3 Å². The van der Waals surface area contributed by atoms with Crippen molar-refractivity contribution in [2.24, 2.45) is 0 Å². The van der Waals surface area contributed by atoms with Crippen molar-refractivity contribution < 1.29 is 9.53 Å². The summed E-state index contributed by atoms with van der Waals surface area (Å²) < 4.78 is 5.11. The van der Waals surface area contributed by atoms with Crippen LogP contribution >= 0.6 is 0 Å². The molecule has 2 aromatic rings. The van der Waals surface area contributed by atoms with Gasteiger partial charge in [-0.15, -0.1) is 0 Å². The van der Waals surface area contributed by atoms with Crippen molar-refractivity contribution in [2.75, 3.05) is 45.7 Å². The Bertz CT molecular complexity index is 920. The second-order valence-electron chi connectivity index (χ2n) is 6.52. The first-order chi connectivity index (χ1) is 13.5. The van der Waals surface area contributed by atoms with Gasteiger partial charge in [-0.2, -0.15) is 0 Å². The van der Waals surface area contributed by atoms with Gasteiger partial charge in [0, 0.05) is 44.5 Å². The fourth-order valence-corrected chi connectivity index (χ4v) is 2.93. The van der Waals surface area contributed by atoms with Crippen LogP contribution in [0.25, 0.3) is 11.3 Å². The Morgan fingerprint density at radius 3 is 2.96 bits per heavy atom. The van der Waals surface area contributed by atoms with Crippen molar-refractivity contribution in [1.82, 2.24) is 25.2 Å². The lowest BCUT2D eigenvalue weighted by Crippen LogP contribution is -2.60. The van der Waals surface area contributed by atoms with E-state index in [1.54, 1.807) is 35.5 Å². The number of nitrogens with zero attached hydrogens (tertiary/aromatic N) is 4. The number of carbonyl (C=O) groups is 1. The number of likely N-dealkylation sites (tertiary alicyclic amines) is 1. The summed E-state index contributed by atoms with van der Waals surface area (Å²) >= 11 is 0. The van der Waals surface area contributed by atoms with E-state index in [1.165, 1.54) is 13.3 Å². The molecule has 1 aliphatic heterocycles. The molecule has 2 aromatic heterocycles. The Balaban J connectivity index is 1.72. The van der Waals surface area contributed by atoms with Crippen molar-refractivity contribution in [1.29, 1.82) is 0 Å². The van der Waals surface area contributed by atoms with E-state index in [0.717, 1.165) is 5.56 Å². The maximum atomic E-state index is 12.3. The summed E-state index contributed by atoms with van der Waals surface area (Å²) in [4.78, 5) is 39.3. The number of methoxy groups -OCH3 is 1. The molecule has 28 heavy (non-hydrogen) atoms. The van der Waals surface area contributed by atoms with Gasteiger partial charge in [-0.3, -0.25) is 14.6 Å². The van der Waals surface area contributed by atoms with Gasteiger partial charge in [0.15, 0.2) is 0 Å². The smallest absolute Gasteiger partial charge is 0.271 e. The number of carbonyl (C=O) groups excluding carboxylic acids is 1. The van der Waals surface area contributed by atoms with Gasteiger partial charge in [0.05, 0.1) is 31.2 Å². The minimum atomic E-state index is -0.194. The van der Waals surface area contributed by atoms with Gasteiger partial charge in [0.25, 0.3) is 5.56 Å². The second kappa shape index (κ2) is 8.66. The van der Waals surface area contributed by atoms with Crippen LogP contribution in [0.2, 0.25) is 0 Å². The highest BCUT2D eigenvalue weighted by atomic mass is 16.5. The van der Waals surface area contributed by atoms with E-state index in [4.69, 9.17) is 4.74 Å². The average Bonchev–Trinajstić information content (AvgIpc) is 2.67. The number of hydrogen-bond donors (Lipinski definition) is 2. The third kappa shape index (κ3) is 4.20. The molecule has 1 amide bonds. The standard InChI is InChI=1S/C19H24N6O3/c1-20-6-4-5-18(26)25-11-14(12-25)24(2)16-7-13(8-22-19(16)27)15-9-21-10-17(23-15)28-3/h4-5,7-10,14,20H,6,11-12H2,1-3H3,(H,22,27). The third-order valence-corrected chi connectivity index (χ3v) is 4.69. The number of H-pyrrole nitrogens is 1. The van der Waals surface area contributed by atoms with Gasteiger partial charge in [0.1, 0.15) is 5.69 Å². The van der Waals surface area contributed by atoms with Crippen molar-refractivity contribution >= 4 is 11.6 Å². The Labute approximate surface area is 163 Å². The fourth-order valence-electron chi connectivity index (χ4n) is 2.93. The van der Waals surface area contributed by atoms with Crippen LogP contribution in [0.1, 0.15) is 0 Å². The van der Waals surface area contributed by atoms with E-state index >= 15 is 0 Å². The zero-order chi connectivity index (χ0) is 20.1. The number of rotatable bonds is 7. The number of anilines is 1. The Morgan fingerprint density at radius 2 is 2.25 bits per heavy atom. The highest BCUT2D eigenvalue weighted by Gasteiger charge is 2.33. The van der Waals surface area contributed by atoms with Gasteiger partial charge in [-0.25, -0.2) is 4.98 Å². The van der Waals surface area contributed by atoms with Crippen molar-refractivity contribution in [3.63, 3.8) is 0 Å². The average molecular weight is 384 g/mol. The quantitative estimate of drug-likeness (QED) is 0.660. The molecule has 1 fully saturated rings. The topological polar surface area (TPSA) is 103 Å². The lowest BCUT2D eigenvalue weighted by atomic mass is 10.1. The maximum absolute atomic E-state index is 12.3. The van der Waals surface area contributed by atoms with Crippen molar-refractivity contribution in [2.45, 2.75) is 6.04 Å². The summed E-state index contributed by atoms with van der Waals surface area (Å²) in [7, 11) is 5.21. The van der Waals surface area contributed by atoms with E-state index in [-0.39, 0.29) is 17.5 Å². The molecule has 0 spiro atoms. The van der Waals surface area contributed by atoms with Crippen molar-refractivity contribution in [3.05, 3.63) is 47.2 Å². The normalized spacial score (nSPS) is 14.2. The first-order valence-corrected chi connectivity index (χ1v) is 8.95. The molecule has 0 unspecified atom stereocenters. The van der Waals surface area contributed by atoms with Crippen LogP contribution in [0.15, 0.2) is 41.6 Å². The highest BCUT2D eigenvalue weighted by Crippen LogP contribution is 2.23. The summed E-state index contributed by atoms with van der Waals surface area (Å²) in [5.41, 5.74) is 1.66. The molecule has 2 N–H and O–H groups in total. The molecule has 0 atom stereocenters. The molecule has 0 bridgehead atoms. The molecular weight excluding hydrogens is 360 g/mol. The number of amides is 1. The highest BCUT2D eigenvalue weighted by molar-refractivity contribution is 5.88. The van der Waals surface area contributed by atoms with Gasteiger partial charge in [-0.05, 0) is 13.1 Å². The van der Waals surface area contributed by atoms with Crippen LogP contribution in [0.4, 0.5) is 5.69 Å². The zero-order valence-electron chi connectivity index (χ0n) is 16.2. The molecule has 0 aliphatic carbocycles. The summed E-state index contributed by atoms with van der Waals surface area (Å²) in [5, 5.41) is 2.96. The molecule has 3 rings (SSSR count). The van der Waals surface area contributed by atoms with E-state index in [1.807, 2.05) is 19.0 Å². The van der Waals surface area contributed by atoms with E-state index in [9.17, 15) is 9.59 Å². The predicted molar refractivity (Wildman–Crippen MR) is 106 cm³/mol. The molecule has 3 heterocycles. The summed E-state index contributed by atoms with van der Waals surface area (Å²) in [6.07, 6.45) is 8.10. The Kier molecular flexibility index (Phi) is 6.05. The number of pyridine rings is 1. The molecule has 9 heteroatoms. The maximum Gasteiger partial charge on any atom is 0.271 e. The molecule has 1 aliphatic rings. The monoisotopic (exact) mass is 384 g/mol. The number of likely N-dealkylation sites (N-methyl/N-ethyl adjacent to an activating group) is 2. The SMILES string of the molecule is CNCC=CC(=O)N1CC(N(C)c2cc(-c3cncc(OC)n3)c[nH]c2=O)C1. The number of aromatic nitrogens is 3. The summed E-state index contributed by atoms with van der Waals surface area (Å²) in [6, 6.07) is 1.86. The molecular formula is C19H24N6O3. The van der Waals surface area contributed by atoms with Crippen LogP contribution in [-0.2, 0) is 4.79 Å². The first-order valence-electron chi connectivity index (χ1n) is 8.95. The second-order valence-corrected chi connectivity index (χ2v) is 6.52. The molecule has 1 saturated heterocycles. The van der Waals surface area contributed by atoms with Crippen LogP contribution < -0.4 is 20.5 Å². The van der Waals surface area contributed by atoms with Crippen molar-refractivity contribution in [3.8, 4) is 17.1 Å². The van der Waals surface area contributed by atoms with E-state index < -0.39 is 0 Å². The Morgan fingerprint density at radius 1 is 1.46 bits per heavy atom. The minimum Gasteiger partial charge on any atom is -0.480 e. The van der Waals surface area contributed by atoms with Gasteiger partial charge in [0.2, 0.25) is 11.8 Å². The van der Waals surface area contributed by atoms with Crippen LogP contribution in [0, 0.1) is 0 Å². The Hall–Kier alpha value is -3.20. The molecule has 0 saturated carbocycles. The predicted octanol–water partition coefficient (Wildman–Crippen LogP) is 0.263. The lowest BCUT2D eigenvalue weighted by Gasteiger charge is -2.44. The summed E-state index contributed by atoms with van der Waals surface area (Å²) in [6.45, 7) is 1.79. The van der Waals surface area contributed by atoms with Crippen LogP contribution in [-0.4, -0.2) is 72.6 Å². The van der Waals surface area contributed by atoms with Gasteiger partial charge in [-0.1, -0.05) is 6.08 Å². The molecule has 9 nitrogen and oxygen atoms in total. The number of aromatic amines is 1. The van der Waals surface area contributed by atoms with Crippen LogP contribution in [0.3, 0.4) is 0 Å². The third-order valence-electron chi connectivity index (χ3n) is 4.69. The molecule has 148 valence electrons. The number of nitrogens with one attached hydrogen (secondary N) is 2. The first kappa shape index (κ1) is 19.6. The van der Waals surface area contributed by atoms with Gasteiger partial charge < -0.3 is 24.8 Å². The lowest BCUT2D eigenvalue weighted by molar-refractivity contribution is -0.130. The number of hydrogen-bond acceptors (Lipinski definition) is 7. The molecule has 0 radical (unpaired) electrons. The van der Waals surface area contributed by atoms with Crippen LogP contribution in [0.5, 0.6) is 5.88 Å². The number of ether oxygens (including phenoxy) is 1. The summed E-state index contributed by atoms with van der Waals surface area (Å²) in [5.74, 6) is 0.382. The molecule has 0 aromatic carbocycles. The zero-order valence-corrected chi connectivity index (χ0v) is 16.2. The largest absolute Gasteiger partial charge is 0.480 e. The fraction of sp³-hybridized carbons (Fsp3) is 0.368. The van der Waals surface area contributed by atoms with E-state index in [0.29, 0.717) is 36.9 Å². The minimum absolute atomic E-state index is 0.0192.